The molecule has 1 fully saturated rings. The largest absolute Gasteiger partial charge is 0.452 e. The Morgan fingerprint density at radius 1 is 1.08 bits per heavy atom. The average Bonchev–Trinajstić information content (AvgIpc) is 2.84. The number of amides is 1. The van der Waals surface area contributed by atoms with Crippen molar-refractivity contribution in [3.8, 4) is 0 Å². The zero-order chi connectivity index (χ0) is 17.4. The molecular weight excluding hydrogens is 322 g/mol. The summed E-state index contributed by atoms with van der Waals surface area (Å²) in [6.45, 7) is 3.44. The maximum absolute atomic E-state index is 12.2. The van der Waals surface area contributed by atoms with Gasteiger partial charge in [0.1, 0.15) is 5.25 Å². The fourth-order valence-electron chi connectivity index (χ4n) is 2.82. The molecule has 0 heterocycles. The Morgan fingerprint density at radius 3 is 2.33 bits per heavy atom. The van der Waals surface area contributed by atoms with Crippen LogP contribution in [0.15, 0.2) is 35.2 Å². The number of hydrogen-bond acceptors (Lipinski definition) is 4. The number of hydrogen-bond donors (Lipinski definition) is 1. The first-order valence-electron chi connectivity index (χ1n) is 8.79. The van der Waals surface area contributed by atoms with Crippen molar-refractivity contribution >= 4 is 23.6 Å². The number of thioether (sulfide) groups is 1. The summed E-state index contributed by atoms with van der Waals surface area (Å²) in [4.78, 5) is 25.4. The quantitative estimate of drug-likeness (QED) is 0.480. The van der Waals surface area contributed by atoms with Crippen LogP contribution in [0.4, 0.5) is 0 Å². The van der Waals surface area contributed by atoms with E-state index >= 15 is 0 Å². The third kappa shape index (κ3) is 6.19. The van der Waals surface area contributed by atoms with Gasteiger partial charge in [-0.2, -0.15) is 0 Å². The predicted octanol–water partition coefficient (Wildman–Crippen LogP) is 3.94. The summed E-state index contributed by atoms with van der Waals surface area (Å²) in [5.41, 5.74) is 0. The van der Waals surface area contributed by atoms with E-state index in [1.54, 1.807) is 13.8 Å². The maximum atomic E-state index is 12.2. The van der Waals surface area contributed by atoms with E-state index in [-0.39, 0.29) is 23.2 Å². The number of benzene rings is 1. The molecule has 0 spiro atoms. The first kappa shape index (κ1) is 18.8. The van der Waals surface area contributed by atoms with E-state index in [0.717, 1.165) is 30.6 Å². The van der Waals surface area contributed by atoms with Gasteiger partial charge in [-0.25, -0.2) is 0 Å². The summed E-state index contributed by atoms with van der Waals surface area (Å²) in [6.07, 6.45) is 6.09. The highest BCUT2D eigenvalue weighted by atomic mass is 32.2. The summed E-state index contributed by atoms with van der Waals surface area (Å²) < 4.78 is 5.35. The van der Waals surface area contributed by atoms with E-state index in [4.69, 9.17) is 4.74 Å². The van der Waals surface area contributed by atoms with Gasteiger partial charge in [-0.1, -0.05) is 43.9 Å². The lowest BCUT2D eigenvalue weighted by molar-refractivity contribution is -0.154. The minimum Gasteiger partial charge on any atom is -0.452 e. The van der Waals surface area contributed by atoms with Crippen LogP contribution >= 0.6 is 11.8 Å². The number of carbonyl (C=O) groups excluding carboxylic acids is 2. The molecule has 132 valence electrons. The maximum Gasteiger partial charge on any atom is 0.319 e. The molecular formula is C19H27NO3S. The molecule has 1 amide bonds. The van der Waals surface area contributed by atoms with Crippen LogP contribution < -0.4 is 5.32 Å². The Labute approximate surface area is 148 Å². The van der Waals surface area contributed by atoms with Gasteiger partial charge in [0.2, 0.25) is 0 Å². The second-order valence-electron chi connectivity index (χ2n) is 6.35. The number of esters is 1. The lowest BCUT2D eigenvalue weighted by Crippen LogP contribution is -2.42. The lowest BCUT2D eigenvalue weighted by Gasteiger charge is -2.20. The molecule has 0 unspecified atom stereocenters. The van der Waals surface area contributed by atoms with Gasteiger partial charge >= 0.3 is 5.97 Å². The Morgan fingerprint density at radius 2 is 1.71 bits per heavy atom. The number of nitrogens with one attached hydrogen (secondary N) is 1. The molecule has 24 heavy (non-hydrogen) atoms. The Bertz CT molecular complexity index is 527. The van der Waals surface area contributed by atoms with E-state index in [2.05, 4.69) is 5.32 Å². The van der Waals surface area contributed by atoms with Gasteiger partial charge in [0.15, 0.2) is 6.10 Å². The van der Waals surface area contributed by atoms with Crippen molar-refractivity contribution in [3.05, 3.63) is 30.3 Å². The summed E-state index contributed by atoms with van der Waals surface area (Å²) in [5, 5.41) is 2.68. The summed E-state index contributed by atoms with van der Waals surface area (Å²) >= 11 is 1.44. The third-order valence-electron chi connectivity index (χ3n) is 4.25. The van der Waals surface area contributed by atoms with E-state index in [1.165, 1.54) is 24.6 Å². The molecule has 1 aromatic carbocycles. The molecule has 2 atom stereocenters. The molecule has 0 radical (unpaired) electrons. The van der Waals surface area contributed by atoms with Gasteiger partial charge in [0, 0.05) is 10.9 Å². The zero-order valence-electron chi connectivity index (χ0n) is 14.5. The fraction of sp³-hybridized carbons (Fsp3) is 0.579. The van der Waals surface area contributed by atoms with Gasteiger partial charge in [-0.15, -0.1) is 11.8 Å². The van der Waals surface area contributed by atoms with E-state index in [1.807, 2.05) is 30.3 Å². The molecule has 1 aromatic rings. The second-order valence-corrected chi connectivity index (χ2v) is 7.76. The van der Waals surface area contributed by atoms with Gasteiger partial charge in [-0.05, 0) is 38.8 Å². The summed E-state index contributed by atoms with van der Waals surface area (Å²) in [6, 6.07) is 9.93. The van der Waals surface area contributed by atoms with Gasteiger partial charge in [0.05, 0.1) is 0 Å². The SMILES string of the molecule is C[C@H](OC(=O)[C@H](C)Sc1ccccc1)C(=O)NC1CCCCCC1. The Hall–Kier alpha value is -1.49. The lowest BCUT2D eigenvalue weighted by atomic mass is 10.1. The molecule has 4 nitrogen and oxygen atoms in total. The van der Waals surface area contributed by atoms with E-state index in [0.29, 0.717) is 0 Å². The monoisotopic (exact) mass is 349 g/mol. The molecule has 0 aromatic heterocycles. The van der Waals surface area contributed by atoms with Crippen molar-refractivity contribution in [2.45, 2.75) is 74.7 Å². The Kier molecular flexibility index (Phi) is 7.63. The Balaban J connectivity index is 1.78. The van der Waals surface area contributed by atoms with Gasteiger partial charge in [-0.3, -0.25) is 9.59 Å². The van der Waals surface area contributed by atoms with Gasteiger partial charge in [0.25, 0.3) is 5.91 Å². The highest BCUT2D eigenvalue weighted by molar-refractivity contribution is 8.00. The van der Waals surface area contributed by atoms with Crippen molar-refractivity contribution in [1.82, 2.24) is 5.32 Å². The topological polar surface area (TPSA) is 55.4 Å². The van der Waals surface area contributed by atoms with Crippen LogP contribution in [-0.2, 0) is 14.3 Å². The van der Waals surface area contributed by atoms with Crippen molar-refractivity contribution in [2.24, 2.45) is 0 Å². The van der Waals surface area contributed by atoms with Crippen molar-refractivity contribution in [1.29, 1.82) is 0 Å². The molecule has 0 saturated heterocycles. The van der Waals surface area contributed by atoms with Crippen LogP contribution in [0.2, 0.25) is 0 Å². The molecule has 1 saturated carbocycles. The fourth-order valence-corrected chi connectivity index (χ4v) is 3.69. The highest BCUT2D eigenvalue weighted by Gasteiger charge is 2.24. The van der Waals surface area contributed by atoms with Crippen LogP contribution in [0.25, 0.3) is 0 Å². The van der Waals surface area contributed by atoms with Crippen LogP contribution in [0.1, 0.15) is 52.4 Å². The van der Waals surface area contributed by atoms with Crippen LogP contribution in [-0.4, -0.2) is 29.3 Å². The van der Waals surface area contributed by atoms with Crippen LogP contribution in [0.3, 0.4) is 0 Å². The molecule has 5 heteroatoms. The summed E-state index contributed by atoms with van der Waals surface area (Å²) in [5.74, 6) is -0.542. The zero-order valence-corrected chi connectivity index (χ0v) is 15.3. The van der Waals surface area contributed by atoms with Crippen LogP contribution in [0.5, 0.6) is 0 Å². The summed E-state index contributed by atoms with van der Waals surface area (Å²) in [7, 11) is 0. The van der Waals surface area contributed by atoms with Crippen LogP contribution in [0, 0.1) is 0 Å². The minimum absolute atomic E-state index is 0.188. The van der Waals surface area contributed by atoms with Crippen molar-refractivity contribution in [2.75, 3.05) is 0 Å². The first-order chi connectivity index (χ1) is 11.6. The smallest absolute Gasteiger partial charge is 0.319 e. The van der Waals surface area contributed by atoms with E-state index < -0.39 is 6.10 Å². The molecule has 0 bridgehead atoms. The third-order valence-corrected chi connectivity index (χ3v) is 5.34. The second kappa shape index (κ2) is 9.72. The molecule has 2 rings (SSSR count). The highest BCUT2D eigenvalue weighted by Crippen LogP contribution is 2.24. The molecule has 0 aliphatic heterocycles. The molecule has 1 aliphatic rings. The standard InChI is InChI=1S/C19H27NO3S/c1-14(18(21)20-16-10-6-3-4-7-11-16)23-19(22)15(2)24-17-12-8-5-9-13-17/h5,8-9,12-16H,3-4,6-7,10-11H2,1-2H3,(H,20,21)/t14-,15-/m0/s1. The van der Waals surface area contributed by atoms with Gasteiger partial charge < -0.3 is 10.1 Å². The minimum atomic E-state index is -0.750. The van der Waals surface area contributed by atoms with Crippen molar-refractivity contribution < 1.29 is 14.3 Å². The van der Waals surface area contributed by atoms with Crippen molar-refractivity contribution in [3.63, 3.8) is 0 Å². The molecule has 1 aliphatic carbocycles. The van der Waals surface area contributed by atoms with E-state index in [9.17, 15) is 9.59 Å². The predicted molar refractivity (Wildman–Crippen MR) is 96.9 cm³/mol. The number of rotatable bonds is 6. The number of ether oxygens (including phenoxy) is 1. The first-order valence-corrected chi connectivity index (χ1v) is 9.67. The normalized spacial score (nSPS) is 18.2. The average molecular weight is 349 g/mol. The molecule has 1 N–H and O–H groups in total. The number of carbonyl (C=O) groups is 2.